The van der Waals surface area contributed by atoms with Gasteiger partial charge in [-0.1, -0.05) is 0 Å². The minimum atomic E-state index is -0.974. The van der Waals surface area contributed by atoms with Gasteiger partial charge in [-0.05, 0) is 0 Å². The molecule has 2 N–H and O–H groups in total. The summed E-state index contributed by atoms with van der Waals surface area (Å²) in [5.74, 6) is 0.225. The molecule has 0 fully saturated rings. The molecule has 3 rings (SSSR count). The maximum absolute atomic E-state index is 13.9. The van der Waals surface area contributed by atoms with Crippen LogP contribution >= 0.6 is 0 Å². The number of methoxy groups -OCH3 is 1. The summed E-state index contributed by atoms with van der Waals surface area (Å²) in [5.41, 5.74) is 2.25. The molecule has 0 aliphatic carbocycles. The first-order valence-electron chi connectivity index (χ1n) is 8.28. The monoisotopic (exact) mass is 428 g/mol. The van der Waals surface area contributed by atoms with E-state index in [-0.39, 0.29) is 6.61 Å². The molecule has 7 heteroatoms. The Morgan fingerprint density at radius 2 is 2.11 bits per heavy atom. The number of nitriles is 1. The fourth-order valence-electron chi connectivity index (χ4n) is 2.83. The molecule has 0 amide bonds. The van der Waals surface area contributed by atoms with E-state index in [4.69, 9.17) is 9.84 Å². The van der Waals surface area contributed by atoms with E-state index in [9.17, 15) is 14.8 Å². The zero-order valence-corrected chi connectivity index (χ0v) is 16.7. The number of rotatable bonds is 6. The van der Waals surface area contributed by atoms with Gasteiger partial charge in [-0.15, -0.1) is 0 Å². The van der Waals surface area contributed by atoms with Crippen LogP contribution < -0.4 is 9.22 Å². The van der Waals surface area contributed by atoms with Crippen LogP contribution in [0.3, 0.4) is 0 Å². The summed E-state index contributed by atoms with van der Waals surface area (Å²) in [7, 11) is 1.55. The van der Waals surface area contributed by atoms with E-state index in [1.165, 1.54) is 12.1 Å². The number of nitrogens with zero attached hydrogens (tertiary/aromatic N) is 2. The Morgan fingerprint density at radius 1 is 1.30 bits per heavy atom. The summed E-state index contributed by atoms with van der Waals surface area (Å²) < 4.78 is 19.8. The Morgan fingerprint density at radius 3 is 2.78 bits per heavy atom. The number of halogens is 1. The van der Waals surface area contributed by atoms with E-state index in [2.05, 4.69) is 11.1 Å². The van der Waals surface area contributed by atoms with Crippen LogP contribution in [0.5, 0.6) is 5.75 Å². The summed E-state index contributed by atoms with van der Waals surface area (Å²) in [6.07, 6.45) is -0.831. The van der Waals surface area contributed by atoms with Gasteiger partial charge in [0.2, 0.25) is 0 Å². The van der Waals surface area contributed by atoms with Gasteiger partial charge < -0.3 is 0 Å². The van der Waals surface area contributed by atoms with Crippen LogP contribution in [-0.4, -0.2) is 50.8 Å². The van der Waals surface area contributed by atoms with Crippen LogP contribution in [0, 0.1) is 17.1 Å². The van der Waals surface area contributed by atoms with Crippen molar-refractivity contribution in [3.8, 4) is 22.9 Å². The van der Waals surface area contributed by atoms with E-state index < -0.39 is 27.7 Å². The van der Waals surface area contributed by atoms with Gasteiger partial charge >= 0.3 is 163 Å². The van der Waals surface area contributed by atoms with Gasteiger partial charge in [-0.25, -0.2) is 0 Å². The van der Waals surface area contributed by atoms with Crippen LogP contribution in [0.25, 0.3) is 22.0 Å². The second-order valence-electron chi connectivity index (χ2n) is 5.93. The van der Waals surface area contributed by atoms with Crippen molar-refractivity contribution < 1.29 is 19.3 Å². The van der Waals surface area contributed by atoms with Gasteiger partial charge in [0.25, 0.3) is 0 Å². The maximum atomic E-state index is 13.9. The number of fused-ring (bicyclic) bond motifs is 1. The van der Waals surface area contributed by atoms with Gasteiger partial charge in [0.1, 0.15) is 0 Å². The molecule has 0 aliphatic rings. The van der Waals surface area contributed by atoms with Crippen molar-refractivity contribution in [1.82, 2.24) is 4.98 Å². The normalized spacial score (nSPS) is 12.4. The van der Waals surface area contributed by atoms with Gasteiger partial charge in [0, 0.05) is 0 Å². The molecule has 0 saturated heterocycles. The van der Waals surface area contributed by atoms with E-state index >= 15 is 0 Å². The molecule has 2 atom stereocenters. The topological polar surface area (TPSA) is 86.4 Å². The molecule has 2 aromatic carbocycles. The molecule has 27 heavy (non-hydrogen) atoms. The van der Waals surface area contributed by atoms with Crippen molar-refractivity contribution in [2.45, 2.75) is 11.3 Å². The molecule has 138 valence electrons. The first kappa shape index (κ1) is 19.3. The van der Waals surface area contributed by atoms with E-state index in [0.717, 1.165) is 0 Å². The Hall–Kier alpha value is -2.45. The third-order valence-corrected chi connectivity index (χ3v) is 7.01. The van der Waals surface area contributed by atoms with Crippen molar-refractivity contribution in [3.05, 3.63) is 53.8 Å². The number of hydrogen-bond donors (Lipinski definition) is 2. The Balaban J connectivity index is 2.28. The number of pyridine rings is 1. The van der Waals surface area contributed by atoms with Gasteiger partial charge in [0.15, 0.2) is 0 Å². The van der Waals surface area contributed by atoms with E-state index in [1.54, 1.807) is 37.4 Å². The van der Waals surface area contributed by atoms with Crippen molar-refractivity contribution in [2.24, 2.45) is 0 Å². The minimum absolute atomic E-state index is 0.326. The molecule has 1 heterocycles. The van der Waals surface area contributed by atoms with Gasteiger partial charge in [-0.2, -0.15) is 0 Å². The quantitative estimate of drug-likeness (QED) is 0.585. The second kappa shape index (κ2) is 8.49. The molecule has 0 aliphatic heterocycles. The Kier molecular flexibility index (Phi) is 6.07. The zero-order valence-electron chi connectivity index (χ0n) is 14.6. The molecule has 0 bridgehead atoms. The number of aromatic nitrogens is 1. The molecule has 5 nitrogen and oxygen atoms in total. The van der Waals surface area contributed by atoms with Crippen molar-refractivity contribution in [1.29, 1.82) is 5.26 Å². The molecule has 2 unspecified atom stereocenters. The second-order valence-corrected chi connectivity index (χ2v) is 8.52. The van der Waals surface area contributed by atoms with Crippen LogP contribution in [0.15, 0.2) is 42.5 Å². The average Bonchev–Trinajstić information content (AvgIpc) is 2.70. The molecule has 3 aromatic rings. The molecule has 1 aromatic heterocycles. The molecule has 0 spiro atoms. The number of benzene rings is 2. The molecule has 0 radical (unpaired) electrons. The van der Waals surface area contributed by atoms with Crippen molar-refractivity contribution in [2.75, 3.05) is 13.7 Å². The fourth-order valence-corrected chi connectivity index (χ4v) is 5.17. The van der Waals surface area contributed by atoms with Gasteiger partial charge in [0.05, 0.1) is 0 Å². The number of ether oxygens (including phenoxy) is 1. The van der Waals surface area contributed by atoms with Crippen molar-refractivity contribution in [3.63, 3.8) is 0 Å². The summed E-state index contributed by atoms with van der Waals surface area (Å²) in [4.78, 5) is 4.63. The standard InChI is InChI=1S/C20H18AsFN2O3/c1-27-15-5-6-18-16(8-15)19(12-3-2-4-13(22)7-12)17(10-23)20(24-18)21-9-14(26)11-25/h2-8,14,21,25-26H,9,11H2,1H3. The first-order chi connectivity index (χ1) is 13.1. The summed E-state index contributed by atoms with van der Waals surface area (Å²) in [6.45, 7) is -0.326. The molecular formula is C20H18AsFN2O3. The zero-order chi connectivity index (χ0) is 19.4. The third kappa shape index (κ3) is 4.11. The van der Waals surface area contributed by atoms with Crippen LogP contribution in [0.4, 0.5) is 4.39 Å². The number of hydrogen-bond acceptors (Lipinski definition) is 5. The van der Waals surface area contributed by atoms with Crippen molar-refractivity contribution >= 4 is 31.1 Å². The van der Waals surface area contributed by atoms with Crippen LogP contribution in [0.2, 0.25) is 5.21 Å². The van der Waals surface area contributed by atoms with Crippen LogP contribution in [-0.2, 0) is 0 Å². The summed E-state index contributed by atoms with van der Waals surface area (Å²) in [5, 5.41) is 29.7. The van der Waals surface area contributed by atoms with E-state index in [1.807, 2.05) is 0 Å². The SMILES string of the molecule is COc1ccc2nc([AsH]CC(O)CO)c(C#N)c(-c3cccc(F)c3)c2c1. The first-order valence-corrected chi connectivity index (χ1v) is 10.8. The predicted octanol–water partition coefficient (Wildman–Crippen LogP) is 1.75. The van der Waals surface area contributed by atoms with E-state index in [0.29, 0.717) is 43.0 Å². The number of aliphatic hydroxyl groups excluding tert-OH is 2. The fraction of sp³-hybridized carbons (Fsp3) is 0.200. The average molecular weight is 428 g/mol. The summed E-state index contributed by atoms with van der Waals surface area (Å²) >= 11 is -0.974. The van der Waals surface area contributed by atoms with Crippen LogP contribution in [0.1, 0.15) is 5.56 Å². The summed E-state index contributed by atoms with van der Waals surface area (Å²) in [6, 6.07) is 13.7. The molecule has 0 saturated carbocycles. The Bertz CT molecular complexity index is 1020. The molecular weight excluding hydrogens is 410 g/mol. The predicted molar refractivity (Wildman–Crippen MR) is 103 cm³/mol. The Labute approximate surface area is 162 Å². The third-order valence-electron chi connectivity index (χ3n) is 4.13. The van der Waals surface area contributed by atoms with Gasteiger partial charge in [-0.3, -0.25) is 0 Å². The number of aliphatic hydroxyl groups is 2.